The Bertz CT molecular complexity index is 309. The van der Waals surface area contributed by atoms with Crippen molar-refractivity contribution >= 4 is 0 Å². The van der Waals surface area contributed by atoms with Crippen molar-refractivity contribution < 1.29 is 9.13 Å². The van der Waals surface area contributed by atoms with Crippen molar-refractivity contribution in [1.82, 2.24) is 4.57 Å². The van der Waals surface area contributed by atoms with Crippen LogP contribution in [0.25, 0.3) is 0 Å². The van der Waals surface area contributed by atoms with E-state index in [4.69, 9.17) is 4.74 Å². The first-order valence-electron chi connectivity index (χ1n) is 4.27. The molecule has 0 saturated heterocycles. The lowest BCUT2D eigenvalue weighted by Gasteiger charge is -2.19. The quantitative estimate of drug-likeness (QED) is 0.655. The summed E-state index contributed by atoms with van der Waals surface area (Å²) >= 11 is 0. The van der Waals surface area contributed by atoms with Gasteiger partial charge in [-0.15, -0.1) is 0 Å². The Kier molecular flexibility index (Phi) is 2.37. The SMILES string of the molecule is COc1c(C(C)(C)C)c(F)cn1C. The first kappa shape index (κ1) is 10.1. The molecule has 13 heavy (non-hydrogen) atoms. The fourth-order valence-corrected chi connectivity index (χ4v) is 1.50. The zero-order valence-electron chi connectivity index (χ0n) is 8.81. The van der Waals surface area contributed by atoms with Crippen molar-refractivity contribution in [3.05, 3.63) is 17.6 Å². The van der Waals surface area contributed by atoms with Crippen molar-refractivity contribution in [2.24, 2.45) is 7.05 Å². The van der Waals surface area contributed by atoms with Gasteiger partial charge in [0.25, 0.3) is 0 Å². The summed E-state index contributed by atoms with van der Waals surface area (Å²) in [5.41, 5.74) is 0.411. The molecular weight excluding hydrogens is 169 g/mol. The molecule has 0 radical (unpaired) electrons. The fraction of sp³-hybridized carbons (Fsp3) is 0.600. The predicted octanol–water partition coefficient (Wildman–Crippen LogP) is 2.47. The number of hydrogen-bond acceptors (Lipinski definition) is 1. The molecule has 2 nitrogen and oxygen atoms in total. The number of rotatable bonds is 1. The van der Waals surface area contributed by atoms with E-state index in [0.717, 1.165) is 0 Å². The maximum Gasteiger partial charge on any atom is 0.199 e. The van der Waals surface area contributed by atoms with Crippen molar-refractivity contribution in [3.63, 3.8) is 0 Å². The first-order chi connectivity index (χ1) is 5.88. The van der Waals surface area contributed by atoms with E-state index < -0.39 is 0 Å². The standard InChI is InChI=1S/C10H16FNO/c1-10(2,3)8-7(11)6-12(4)9(8)13-5/h6H,1-5H3. The zero-order valence-corrected chi connectivity index (χ0v) is 8.81. The molecule has 0 spiro atoms. The van der Waals surface area contributed by atoms with Crippen molar-refractivity contribution in [2.75, 3.05) is 7.11 Å². The molecule has 1 heterocycles. The van der Waals surface area contributed by atoms with Gasteiger partial charge >= 0.3 is 0 Å². The van der Waals surface area contributed by atoms with Gasteiger partial charge in [0.15, 0.2) is 5.88 Å². The van der Waals surface area contributed by atoms with E-state index in [1.165, 1.54) is 6.20 Å². The Balaban J connectivity index is 3.34. The van der Waals surface area contributed by atoms with Crippen LogP contribution in [0.5, 0.6) is 5.88 Å². The number of methoxy groups -OCH3 is 1. The van der Waals surface area contributed by atoms with Gasteiger partial charge in [0.1, 0.15) is 5.82 Å². The Hall–Kier alpha value is -0.990. The molecule has 0 aliphatic rings. The molecule has 0 atom stereocenters. The molecule has 0 aromatic carbocycles. The highest BCUT2D eigenvalue weighted by atomic mass is 19.1. The molecule has 0 fully saturated rings. The molecule has 0 aliphatic carbocycles. The van der Waals surface area contributed by atoms with Gasteiger partial charge in [-0.1, -0.05) is 20.8 Å². The average molecular weight is 185 g/mol. The molecule has 74 valence electrons. The number of aryl methyl sites for hydroxylation is 1. The van der Waals surface area contributed by atoms with Gasteiger partial charge < -0.3 is 9.30 Å². The number of ether oxygens (including phenoxy) is 1. The second-order valence-electron chi connectivity index (χ2n) is 4.22. The highest BCUT2D eigenvalue weighted by molar-refractivity contribution is 5.35. The van der Waals surface area contributed by atoms with Crippen LogP contribution in [0.2, 0.25) is 0 Å². The van der Waals surface area contributed by atoms with Gasteiger partial charge in [-0.2, -0.15) is 0 Å². The van der Waals surface area contributed by atoms with Crippen LogP contribution in [0, 0.1) is 5.82 Å². The third kappa shape index (κ3) is 1.69. The molecule has 0 unspecified atom stereocenters. The number of nitrogens with zero attached hydrogens (tertiary/aromatic N) is 1. The number of halogens is 1. The summed E-state index contributed by atoms with van der Waals surface area (Å²) in [6.45, 7) is 5.90. The van der Waals surface area contributed by atoms with Gasteiger partial charge in [0, 0.05) is 13.2 Å². The van der Waals surface area contributed by atoms with Crippen LogP contribution in [0.15, 0.2) is 6.20 Å². The molecule has 0 amide bonds. The van der Waals surface area contributed by atoms with E-state index in [1.54, 1.807) is 18.7 Å². The van der Waals surface area contributed by atoms with Crippen LogP contribution in [-0.4, -0.2) is 11.7 Å². The minimum absolute atomic E-state index is 0.202. The normalized spacial score (nSPS) is 11.8. The Morgan fingerprint density at radius 1 is 1.38 bits per heavy atom. The van der Waals surface area contributed by atoms with Crippen LogP contribution in [-0.2, 0) is 12.5 Å². The maximum absolute atomic E-state index is 13.5. The summed E-state index contributed by atoms with van der Waals surface area (Å²) in [6.07, 6.45) is 1.44. The fourth-order valence-electron chi connectivity index (χ4n) is 1.50. The largest absolute Gasteiger partial charge is 0.482 e. The summed E-state index contributed by atoms with van der Waals surface area (Å²) in [5.74, 6) is 0.400. The predicted molar refractivity (Wildman–Crippen MR) is 50.6 cm³/mol. The molecule has 1 aromatic heterocycles. The molecule has 0 saturated carbocycles. The molecule has 0 aliphatic heterocycles. The van der Waals surface area contributed by atoms with Crippen LogP contribution in [0.3, 0.4) is 0 Å². The highest BCUT2D eigenvalue weighted by Crippen LogP contribution is 2.34. The monoisotopic (exact) mass is 185 g/mol. The lowest BCUT2D eigenvalue weighted by molar-refractivity contribution is 0.365. The van der Waals surface area contributed by atoms with E-state index in [1.807, 2.05) is 20.8 Å². The lowest BCUT2D eigenvalue weighted by Crippen LogP contribution is -2.13. The third-order valence-corrected chi connectivity index (χ3v) is 2.02. The second-order valence-corrected chi connectivity index (χ2v) is 4.22. The smallest absolute Gasteiger partial charge is 0.199 e. The maximum atomic E-state index is 13.5. The summed E-state index contributed by atoms with van der Waals surface area (Å²) in [7, 11) is 3.33. The van der Waals surface area contributed by atoms with Gasteiger partial charge in [0.2, 0.25) is 0 Å². The van der Waals surface area contributed by atoms with Crippen molar-refractivity contribution in [2.45, 2.75) is 26.2 Å². The Labute approximate surface area is 78.3 Å². The first-order valence-corrected chi connectivity index (χ1v) is 4.27. The van der Waals surface area contributed by atoms with Crippen LogP contribution in [0.1, 0.15) is 26.3 Å². The average Bonchev–Trinajstić information content (AvgIpc) is 2.23. The Morgan fingerprint density at radius 2 is 1.92 bits per heavy atom. The second kappa shape index (κ2) is 3.05. The van der Waals surface area contributed by atoms with Crippen molar-refractivity contribution in [3.8, 4) is 5.88 Å². The van der Waals surface area contributed by atoms with Crippen LogP contribution in [0.4, 0.5) is 4.39 Å². The summed E-state index contributed by atoms with van der Waals surface area (Å²) in [5, 5.41) is 0. The van der Waals surface area contributed by atoms with Crippen molar-refractivity contribution in [1.29, 1.82) is 0 Å². The molecule has 0 bridgehead atoms. The Morgan fingerprint density at radius 3 is 2.23 bits per heavy atom. The van der Waals surface area contributed by atoms with E-state index in [0.29, 0.717) is 11.4 Å². The minimum atomic E-state index is -0.226. The molecule has 1 rings (SSSR count). The molecule has 3 heteroatoms. The van der Waals surface area contributed by atoms with E-state index >= 15 is 0 Å². The number of aromatic nitrogens is 1. The van der Waals surface area contributed by atoms with E-state index in [-0.39, 0.29) is 11.2 Å². The minimum Gasteiger partial charge on any atom is -0.482 e. The lowest BCUT2D eigenvalue weighted by atomic mass is 9.88. The van der Waals surface area contributed by atoms with Gasteiger partial charge in [-0.3, -0.25) is 0 Å². The zero-order chi connectivity index (χ0) is 10.2. The van der Waals surface area contributed by atoms with Gasteiger partial charge in [-0.25, -0.2) is 4.39 Å². The third-order valence-electron chi connectivity index (χ3n) is 2.02. The van der Waals surface area contributed by atoms with Crippen LogP contribution >= 0.6 is 0 Å². The van der Waals surface area contributed by atoms with Gasteiger partial charge in [0.05, 0.1) is 12.7 Å². The summed E-state index contributed by atoms with van der Waals surface area (Å²) < 4.78 is 20.3. The van der Waals surface area contributed by atoms with Crippen LogP contribution < -0.4 is 4.74 Å². The molecule has 1 aromatic rings. The molecular formula is C10H16FNO. The molecule has 0 N–H and O–H groups in total. The van der Waals surface area contributed by atoms with E-state index in [9.17, 15) is 4.39 Å². The van der Waals surface area contributed by atoms with Gasteiger partial charge in [-0.05, 0) is 5.41 Å². The number of hydrogen-bond donors (Lipinski definition) is 0. The highest BCUT2D eigenvalue weighted by Gasteiger charge is 2.26. The summed E-state index contributed by atoms with van der Waals surface area (Å²) in [4.78, 5) is 0. The van der Waals surface area contributed by atoms with E-state index in [2.05, 4.69) is 0 Å². The summed E-state index contributed by atoms with van der Waals surface area (Å²) in [6, 6.07) is 0. The topological polar surface area (TPSA) is 14.2 Å².